The first kappa shape index (κ1) is 10.8. The molecule has 3 atom stereocenters. The van der Waals surface area contributed by atoms with Gasteiger partial charge in [0.25, 0.3) is 0 Å². The zero-order valence-corrected chi connectivity index (χ0v) is 11.0. The smallest absolute Gasteiger partial charge is 0.145 e. The molecule has 5 heteroatoms. The molecule has 2 saturated heterocycles. The van der Waals surface area contributed by atoms with Crippen molar-refractivity contribution in [3.63, 3.8) is 0 Å². The summed E-state index contributed by atoms with van der Waals surface area (Å²) in [5, 5.41) is 4.03. The lowest BCUT2D eigenvalue weighted by Crippen LogP contribution is -2.30. The lowest BCUT2D eigenvalue weighted by atomic mass is 9.95. The lowest BCUT2D eigenvalue weighted by Gasteiger charge is -2.21. The molecule has 2 fully saturated rings. The quantitative estimate of drug-likeness (QED) is 0.911. The van der Waals surface area contributed by atoms with Crippen molar-refractivity contribution in [2.24, 2.45) is 0 Å². The van der Waals surface area contributed by atoms with Gasteiger partial charge in [0, 0.05) is 10.7 Å². The zero-order valence-electron chi connectivity index (χ0n) is 8.62. The third-order valence-corrected chi connectivity index (χ3v) is 3.96. The molecule has 2 aliphatic heterocycles. The fraction of sp³-hybridized carbons (Fsp3) is 0.545. The van der Waals surface area contributed by atoms with Gasteiger partial charge < -0.3 is 10.1 Å². The van der Waals surface area contributed by atoms with E-state index in [1.54, 1.807) is 6.20 Å². The predicted molar refractivity (Wildman–Crippen MR) is 66.9 cm³/mol. The molecule has 16 heavy (non-hydrogen) atoms. The Bertz CT molecular complexity index is 415. The highest BCUT2D eigenvalue weighted by Crippen LogP contribution is 2.36. The molecule has 0 aromatic carbocycles. The molecule has 2 aliphatic rings. The van der Waals surface area contributed by atoms with E-state index in [0.717, 1.165) is 23.1 Å². The highest BCUT2D eigenvalue weighted by Gasteiger charge is 2.40. The van der Waals surface area contributed by atoms with Crippen LogP contribution in [0.5, 0.6) is 0 Å². The zero-order chi connectivity index (χ0) is 11.1. The van der Waals surface area contributed by atoms with E-state index in [1.165, 1.54) is 6.42 Å². The van der Waals surface area contributed by atoms with Gasteiger partial charge in [0.2, 0.25) is 0 Å². The van der Waals surface area contributed by atoms with Gasteiger partial charge in [-0.3, -0.25) is 0 Å². The van der Waals surface area contributed by atoms with E-state index in [1.807, 2.05) is 6.07 Å². The van der Waals surface area contributed by atoms with Crippen LogP contribution in [0.25, 0.3) is 0 Å². The summed E-state index contributed by atoms with van der Waals surface area (Å²) < 4.78 is 6.67. The molecule has 1 aromatic rings. The molecule has 3 unspecified atom stereocenters. The second kappa shape index (κ2) is 4.17. The molecule has 0 saturated carbocycles. The van der Waals surface area contributed by atoms with Crippen LogP contribution in [-0.2, 0) is 4.74 Å². The van der Waals surface area contributed by atoms with Crippen LogP contribution >= 0.6 is 27.5 Å². The fourth-order valence-corrected chi connectivity index (χ4v) is 3.17. The average molecular weight is 304 g/mol. The third kappa shape index (κ3) is 1.94. The van der Waals surface area contributed by atoms with Crippen molar-refractivity contribution in [3.05, 3.63) is 21.8 Å². The van der Waals surface area contributed by atoms with E-state index in [9.17, 15) is 0 Å². The molecule has 0 amide bonds. The lowest BCUT2D eigenvalue weighted by molar-refractivity contribution is 0.102. The van der Waals surface area contributed by atoms with Gasteiger partial charge in [-0.1, -0.05) is 11.6 Å². The SMILES string of the molecule is Clc1cc(Br)cnc1NC1CC2CCC1O2. The van der Waals surface area contributed by atoms with Gasteiger partial charge >= 0.3 is 0 Å². The van der Waals surface area contributed by atoms with Crippen molar-refractivity contribution in [3.8, 4) is 0 Å². The number of nitrogens with one attached hydrogen (secondary N) is 1. The average Bonchev–Trinajstić information content (AvgIpc) is 2.84. The summed E-state index contributed by atoms with van der Waals surface area (Å²) in [6.45, 7) is 0. The molecule has 3 nitrogen and oxygen atoms in total. The fourth-order valence-electron chi connectivity index (χ4n) is 2.49. The Balaban J connectivity index is 1.74. The Hall–Kier alpha value is -0.320. The number of anilines is 1. The van der Waals surface area contributed by atoms with Crippen LogP contribution in [-0.4, -0.2) is 23.2 Å². The first-order chi connectivity index (χ1) is 7.72. The molecule has 0 radical (unpaired) electrons. The highest BCUT2D eigenvalue weighted by molar-refractivity contribution is 9.10. The van der Waals surface area contributed by atoms with Gasteiger partial charge in [-0.15, -0.1) is 0 Å². The van der Waals surface area contributed by atoms with E-state index in [-0.39, 0.29) is 0 Å². The number of hydrogen-bond donors (Lipinski definition) is 1. The maximum absolute atomic E-state index is 6.11. The number of aromatic nitrogens is 1. The molecule has 0 aliphatic carbocycles. The monoisotopic (exact) mass is 302 g/mol. The van der Waals surface area contributed by atoms with Crippen LogP contribution in [0.15, 0.2) is 16.7 Å². The van der Waals surface area contributed by atoms with Crippen molar-refractivity contribution in [1.82, 2.24) is 4.98 Å². The summed E-state index contributed by atoms with van der Waals surface area (Å²) in [4.78, 5) is 4.28. The number of fused-ring (bicyclic) bond motifs is 2. The van der Waals surface area contributed by atoms with Crippen molar-refractivity contribution < 1.29 is 4.74 Å². The second-order valence-corrected chi connectivity index (χ2v) is 5.67. The van der Waals surface area contributed by atoms with Gasteiger partial charge in [0.05, 0.1) is 23.3 Å². The predicted octanol–water partition coefficient (Wildman–Crippen LogP) is 3.23. The summed E-state index contributed by atoms with van der Waals surface area (Å²) >= 11 is 9.46. The summed E-state index contributed by atoms with van der Waals surface area (Å²) in [6.07, 6.45) is 5.95. The van der Waals surface area contributed by atoms with Crippen LogP contribution in [0.2, 0.25) is 5.02 Å². The maximum Gasteiger partial charge on any atom is 0.145 e. The van der Waals surface area contributed by atoms with Gasteiger partial charge in [-0.25, -0.2) is 4.98 Å². The minimum absolute atomic E-state index is 0.339. The largest absolute Gasteiger partial charge is 0.373 e. The van der Waals surface area contributed by atoms with Gasteiger partial charge in [-0.2, -0.15) is 0 Å². The Morgan fingerprint density at radius 2 is 2.38 bits per heavy atom. The van der Waals surface area contributed by atoms with E-state index in [2.05, 4.69) is 26.2 Å². The van der Waals surface area contributed by atoms with Crippen molar-refractivity contribution in [2.45, 2.75) is 37.5 Å². The van der Waals surface area contributed by atoms with Crippen LogP contribution in [0.3, 0.4) is 0 Å². The Morgan fingerprint density at radius 1 is 1.50 bits per heavy atom. The number of pyridine rings is 1. The topological polar surface area (TPSA) is 34.2 Å². The Kier molecular flexibility index (Phi) is 2.81. The molecule has 1 N–H and O–H groups in total. The van der Waals surface area contributed by atoms with Gasteiger partial charge in [-0.05, 0) is 41.3 Å². The first-order valence-electron chi connectivity index (χ1n) is 5.45. The second-order valence-electron chi connectivity index (χ2n) is 4.34. The standard InChI is InChI=1S/C11H12BrClN2O/c12-6-3-8(13)11(14-5-6)15-9-4-7-1-2-10(9)16-7/h3,5,7,9-10H,1-2,4H2,(H,14,15). The molecule has 3 heterocycles. The van der Waals surface area contributed by atoms with Crippen molar-refractivity contribution >= 4 is 33.3 Å². The maximum atomic E-state index is 6.11. The Morgan fingerprint density at radius 3 is 3.00 bits per heavy atom. The number of ether oxygens (including phenoxy) is 1. The number of nitrogens with zero attached hydrogens (tertiary/aromatic N) is 1. The number of halogens is 2. The van der Waals surface area contributed by atoms with Crippen molar-refractivity contribution in [1.29, 1.82) is 0 Å². The summed E-state index contributed by atoms with van der Waals surface area (Å²) in [6, 6.07) is 2.22. The highest BCUT2D eigenvalue weighted by atomic mass is 79.9. The van der Waals surface area contributed by atoms with Gasteiger partial charge in [0.15, 0.2) is 0 Å². The van der Waals surface area contributed by atoms with Crippen LogP contribution < -0.4 is 5.32 Å². The molecule has 86 valence electrons. The molecule has 2 bridgehead atoms. The molecular weight excluding hydrogens is 291 g/mol. The molecule has 3 rings (SSSR count). The number of rotatable bonds is 2. The van der Waals surface area contributed by atoms with E-state index < -0.39 is 0 Å². The van der Waals surface area contributed by atoms with Crippen LogP contribution in [0.1, 0.15) is 19.3 Å². The summed E-state index contributed by atoms with van der Waals surface area (Å²) in [5.74, 6) is 0.756. The minimum Gasteiger partial charge on any atom is -0.373 e. The summed E-state index contributed by atoms with van der Waals surface area (Å²) in [7, 11) is 0. The first-order valence-corrected chi connectivity index (χ1v) is 6.62. The normalized spacial score (nSPS) is 32.0. The van der Waals surface area contributed by atoms with E-state index in [0.29, 0.717) is 23.3 Å². The third-order valence-electron chi connectivity index (χ3n) is 3.24. The Labute approximate surface area is 108 Å². The van der Waals surface area contributed by atoms with Gasteiger partial charge in [0.1, 0.15) is 5.82 Å². The summed E-state index contributed by atoms with van der Waals surface area (Å²) in [5.41, 5.74) is 0. The molecule has 1 aromatic heterocycles. The van der Waals surface area contributed by atoms with Crippen LogP contribution in [0.4, 0.5) is 5.82 Å². The molecule has 0 spiro atoms. The van der Waals surface area contributed by atoms with E-state index >= 15 is 0 Å². The van der Waals surface area contributed by atoms with Crippen molar-refractivity contribution in [2.75, 3.05) is 5.32 Å². The van der Waals surface area contributed by atoms with E-state index in [4.69, 9.17) is 16.3 Å². The molecular formula is C11H12BrClN2O. The number of hydrogen-bond acceptors (Lipinski definition) is 3. The van der Waals surface area contributed by atoms with Crippen LogP contribution in [0, 0.1) is 0 Å². The minimum atomic E-state index is 0.339.